The SMILES string of the molecule is Cc1cc(C)cc(-n2nnc3c(=O)n(CC(=O)N4CCCC4)cnc32)c1. The van der Waals surface area contributed by atoms with Crippen molar-refractivity contribution in [3.8, 4) is 5.69 Å². The van der Waals surface area contributed by atoms with E-state index >= 15 is 0 Å². The average Bonchev–Trinajstić information content (AvgIpc) is 3.26. The second kappa shape index (κ2) is 6.36. The minimum atomic E-state index is -0.349. The van der Waals surface area contributed by atoms with Gasteiger partial charge in [0.15, 0.2) is 11.2 Å². The number of carbonyl (C=O) groups is 1. The monoisotopic (exact) mass is 352 g/mol. The van der Waals surface area contributed by atoms with E-state index in [0.717, 1.165) is 42.7 Å². The summed E-state index contributed by atoms with van der Waals surface area (Å²) in [6.07, 6.45) is 3.44. The lowest BCUT2D eigenvalue weighted by Gasteiger charge is -2.15. The Morgan fingerprint density at radius 1 is 1.12 bits per heavy atom. The zero-order valence-corrected chi connectivity index (χ0v) is 14.8. The summed E-state index contributed by atoms with van der Waals surface area (Å²) >= 11 is 0. The number of benzene rings is 1. The van der Waals surface area contributed by atoms with Crippen molar-refractivity contribution in [1.29, 1.82) is 0 Å². The number of fused-ring (bicyclic) bond motifs is 1. The van der Waals surface area contributed by atoms with Gasteiger partial charge in [0, 0.05) is 13.1 Å². The van der Waals surface area contributed by atoms with E-state index < -0.39 is 0 Å². The number of amides is 1. The van der Waals surface area contributed by atoms with E-state index in [2.05, 4.69) is 21.4 Å². The molecule has 134 valence electrons. The van der Waals surface area contributed by atoms with Crippen molar-refractivity contribution in [1.82, 2.24) is 29.4 Å². The van der Waals surface area contributed by atoms with Gasteiger partial charge in [-0.15, -0.1) is 5.10 Å². The molecule has 1 aliphatic rings. The maximum atomic E-state index is 12.7. The van der Waals surface area contributed by atoms with Crippen LogP contribution in [0.4, 0.5) is 0 Å². The number of likely N-dealkylation sites (tertiary alicyclic amines) is 1. The fourth-order valence-electron chi connectivity index (χ4n) is 3.42. The molecule has 4 rings (SSSR count). The molecular formula is C18H20N6O2. The van der Waals surface area contributed by atoms with E-state index in [1.807, 2.05) is 26.0 Å². The van der Waals surface area contributed by atoms with Crippen LogP contribution in [0.5, 0.6) is 0 Å². The highest BCUT2D eigenvalue weighted by molar-refractivity contribution is 5.77. The van der Waals surface area contributed by atoms with Crippen molar-refractivity contribution in [2.24, 2.45) is 0 Å². The Hall–Kier alpha value is -3.03. The Labute approximate surface area is 150 Å². The number of hydrogen-bond acceptors (Lipinski definition) is 5. The number of nitrogens with zero attached hydrogens (tertiary/aromatic N) is 6. The van der Waals surface area contributed by atoms with Crippen LogP contribution in [0.1, 0.15) is 24.0 Å². The van der Waals surface area contributed by atoms with Gasteiger partial charge in [0.25, 0.3) is 5.56 Å². The van der Waals surface area contributed by atoms with Gasteiger partial charge in [0.2, 0.25) is 5.91 Å². The van der Waals surface area contributed by atoms with Gasteiger partial charge in [-0.05, 0) is 49.9 Å². The molecule has 1 aliphatic heterocycles. The summed E-state index contributed by atoms with van der Waals surface area (Å²) in [5.74, 6) is -0.0625. The summed E-state index contributed by atoms with van der Waals surface area (Å²) in [6, 6.07) is 5.99. The number of aromatic nitrogens is 5. The number of aryl methyl sites for hydroxylation is 2. The van der Waals surface area contributed by atoms with Crippen molar-refractivity contribution < 1.29 is 4.79 Å². The van der Waals surface area contributed by atoms with Gasteiger partial charge in [-0.2, -0.15) is 4.68 Å². The van der Waals surface area contributed by atoms with E-state index in [1.54, 1.807) is 9.58 Å². The molecule has 1 saturated heterocycles. The summed E-state index contributed by atoms with van der Waals surface area (Å²) < 4.78 is 2.87. The van der Waals surface area contributed by atoms with Gasteiger partial charge in [-0.25, -0.2) is 4.98 Å². The van der Waals surface area contributed by atoms with Crippen LogP contribution >= 0.6 is 0 Å². The van der Waals surface area contributed by atoms with Gasteiger partial charge in [0.1, 0.15) is 12.9 Å². The minimum absolute atomic E-state index is 0.0157. The van der Waals surface area contributed by atoms with Crippen LogP contribution < -0.4 is 5.56 Å². The molecule has 1 fully saturated rings. The molecule has 26 heavy (non-hydrogen) atoms. The first-order valence-corrected chi connectivity index (χ1v) is 8.70. The molecule has 3 aromatic rings. The van der Waals surface area contributed by atoms with Crippen LogP contribution in [0.15, 0.2) is 29.3 Å². The molecule has 0 radical (unpaired) electrons. The van der Waals surface area contributed by atoms with Crippen LogP contribution in [0.25, 0.3) is 16.9 Å². The Bertz CT molecular complexity index is 1030. The van der Waals surface area contributed by atoms with Crippen LogP contribution in [0.2, 0.25) is 0 Å². The summed E-state index contributed by atoms with van der Waals surface area (Å²) in [4.78, 5) is 31.1. The summed E-state index contributed by atoms with van der Waals surface area (Å²) in [6.45, 7) is 5.50. The smallest absolute Gasteiger partial charge is 0.284 e. The maximum Gasteiger partial charge on any atom is 0.284 e. The molecule has 1 amide bonds. The van der Waals surface area contributed by atoms with Crippen molar-refractivity contribution in [2.75, 3.05) is 13.1 Å². The molecular weight excluding hydrogens is 332 g/mol. The van der Waals surface area contributed by atoms with Crippen LogP contribution in [0, 0.1) is 13.8 Å². The minimum Gasteiger partial charge on any atom is -0.341 e. The molecule has 0 spiro atoms. The Kier molecular flexibility index (Phi) is 4.02. The standard InChI is InChI=1S/C18H20N6O2/c1-12-7-13(2)9-14(8-12)24-17-16(20-21-24)18(26)23(11-19-17)10-15(25)22-5-3-4-6-22/h7-9,11H,3-6,10H2,1-2H3. The molecule has 8 heteroatoms. The number of carbonyl (C=O) groups excluding carboxylic acids is 1. The maximum absolute atomic E-state index is 12.7. The molecule has 2 aromatic heterocycles. The first kappa shape index (κ1) is 16.4. The van der Waals surface area contributed by atoms with E-state index in [4.69, 9.17) is 0 Å². The van der Waals surface area contributed by atoms with Gasteiger partial charge in [-0.1, -0.05) is 11.3 Å². The second-order valence-corrected chi connectivity index (χ2v) is 6.78. The molecule has 0 N–H and O–H groups in total. The van der Waals surface area contributed by atoms with E-state index in [1.165, 1.54) is 10.9 Å². The largest absolute Gasteiger partial charge is 0.341 e. The molecule has 0 saturated carbocycles. The first-order valence-electron chi connectivity index (χ1n) is 8.70. The van der Waals surface area contributed by atoms with Gasteiger partial charge >= 0.3 is 0 Å². The van der Waals surface area contributed by atoms with Crippen molar-refractivity contribution >= 4 is 17.1 Å². The first-order chi connectivity index (χ1) is 12.5. The predicted octanol–water partition coefficient (Wildman–Crippen LogP) is 1.22. The molecule has 8 nitrogen and oxygen atoms in total. The van der Waals surface area contributed by atoms with E-state index in [0.29, 0.717) is 5.65 Å². The topological polar surface area (TPSA) is 85.9 Å². The molecule has 0 bridgehead atoms. The quantitative estimate of drug-likeness (QED) is 0.707. The molecule has 0 aliphatic carbocycles. The predicted molar refractivity (Wildman–Crippen MR) is 96.2 cm³/mol. The average molecular weight is 352 g/mol. The summed E-state index contributed by atoms with van der Waals surface area (Å²) in [5, 5.41) is 8.11. The lowest BCUT2D eigenvalue weighted by molar-refractivity contribution is -0.130. The number of rotatable bonds is 3. The highest BCUT2D eigenvalue weighted by Gasteiger charge is 2.20. The van der Waals surface area contributed by atoms with Gasteiger partial charge in [0.05, 0.1) is 5.69 Å². The summed E-state index contributed by atoms with van der Waals surface area (Å²) in [5.41, 5.74) is 3.20. The summed E-state index contributed by atoms with van der Waals surface area (Å²) in [7, 11) is 0. The number of hydrogen-bond donors (Lipinski definition) is 0. The van der Waals surface area contributed by atoms with Crippen molar-refractivity contribution in [2.45, 2.75) is 33.2 Å². The van der Waals surface area contributed by atoms with Crippen LogP contribution in [-0.4, -0.2) is 48.4 Å². The fourth-order valence-corrected chi connectivity index (χ4v) is 3.42. The normalized spacial score (nSPS) is 14.3. The van der Waals surface area contributed by atoms with Gasteiger partial charge < -0.3 is 4.90 Å². The van der Waals surface area contributed by atoms with Crippen LogP contribution in [0.3, 0.4) is 0 Å². The molecule has 0 unspecified atom stereocenters. The third kappa shape index (κ3) is 2.87. The lowest BCUT2D eigenvalue weighted by atomic mass is 10.1. The molecule has 1 aromatic carbocycles. The van der Waals surface area contributed by atoms with Crippen molar-refractivity contribution in [3.05, 3.63) is 46.0 Å². The van der Waals surface area contributed by atoms with Crippen LogP contribution in [-0.2, 0) is 11.3 Å². The molecule has 0 atom stereocenters. The lowest BCUT2D eigenvalue weighted by Crippen LogP contribution is -2.34. The third-order valence-electron chi connectivity index (χ3n) is 4.64. The van der Waals surface area contributed by atoms with Gasteiger partial charge in [-0.3, -0.25) is 14.2 Å². The Morgan fingerprint density at radius 3 is 2.50 bits per heavy atom. The molecule has 3 heterocycles. The zero-order chi connectivity index (χ0) is 18.3. The highest BCUT2D eigenvalue weighted by atomic mass is 16.2. The van der Waals surface area contributed by atoms with Crippen molar-refractivity contribution in [3.63, 3.8) is 0 Å². The zero-order valence-electron chi connectivity index (χ0n) is 14.8. The highest BCUT2D eigenvalue weighted by Crippen LogP contribution is 2.16. The van der Waals surface area contributed by atoms with E-state index in [-0.39, 0.29) is 23.5 Å². The third-order valence-corrected chi connectivity index (χ3v) is 4.64. The van der Waals surface area contributed by atoms with E-state index in [9.17, 15) is 9.59 Å². The Morgan fingerprint density at radius 2 is 1.81 bits per heavy atom. The fraction of sp³-hybridized carbons (Fsp3) is 0.389. The second-order valence-electron chi connectivity index (χ2n) is 6.78. The Balaban J connectivity index is 1.71.